The Bertz CT molecular complexity index is 873. The quantitative estimate of drug-likeness (QED) is 0.730. The molecule has 0 saturated carbocycles. The van der Waals surface area contributed by atoms with Crippen molar-refractivity contribution in [1.82, 2.24) is 9.80 Å². The molecule has 0 aromatic heterocycles. The van der Waals surface area contributed by atoms with Crippen LogP contribution in [0.1, 0.15) is 28.4 Å². The standard InChI is InChI=1S/C23H26N2O4/c1-2-28-19-9-7-17(8-10-19)16-24-11-13-25(14-12-24)22(26)21-15-18-5-3-4-6-20(18)23(27)29-21/h3-10,21H,2,11-16H2,1H3. The number of fused-ring (bicyclic) bond motifs is 1. The molecule has 29 heavy (non-hydrogen) atoms. The maximum atomic E-state index is 12.9. The van der Waals surface area contributed by atoms with Crippen LogP contribution in [-0.2, 0) is 22.5 Å². The van der Waals surface area contributed by atoms with E-state index in [-0.39, 0.29) is 5.91 Å². The van der Waals surface area contributed by atoms with Crippen molar-refractivity contribution in [2.45, 2.75) is 26.0 Å². The van der Waals surface area contributed by atoms with E-state index in [1.807, 2.05) is 42.2 Å². The SMILES string of the molecule is CCOc1ccc(CN2CCN(C(=O)C3Cc4ccccc4C(=O)O3)CC2)cc1. The second-order valence-electron chi connectivity index (χ2n) is 7.43. The Balaban J connectivity index is 1.30. The van der Waals surface area contributed by atoms with Crippen LogP contribution >= 0.6 is 0 Å². The van der Waals surface area contributed by atoms with E-state index in [0.29, 0.717) is 31.7 Å². The number of benzene rings is 2. The van der Waals surface area contributed by atoms with Gasteiger partial charge in [-0.15, -0.1) is 0 Å². The minimum Gasteiger partial charge on any atom is -0.494 e. The van der Waals surface area contributed by atoms with Crippen LogP contribution in [0, 0.1) is 0 Å². The zero-order chi connectivity index (χ0) is 20.2. The minimum absolute atomic E-state index is 0.0893. The maximum Gasteiger partial charge on any atom is 0.339 e. The van der Waals surface area contributed by atoms with E-state index in [2.05, 4.69) is 17.0 Å². The average molecular weight is 394 g/mol. The van der Waals surface area contributed by atoms with Crippen LogP contribution in [0.3, 0.4) is 0 Å². The van der Waals surface area contributed by atoms with E-state index in [0.717, 1.165) is 30.9 Å². The summed E-state index contributed by atoms with van der Waals surface area (Å²) in [5, 5.41) is 0. The summed E-state index contributed by atoms with van der Waals surface area (Å²) in [4.78, 5) is 29.2. The van der Waals surface area contributed by atoms with Crippen LogP contribution in [0.25, 0.3) is 0 Å². The van der Waals surface area contributed by atoms with Crippen LogP contribution in [0.2, 0.25) is 0 Å². The molecule has 6 nitrogen and oxygen atoms in total. The van der Waals surface area contributed by atoms with Crippen molar-refractivity contribution < 1.29 is 19.1 Å². The summed E-state index contributed by atoms with van der Waals surface area (Å²) in [6.07, 6.45) is -0.261. The smallest absolute Gasteiger partial charge is 0.339 e. The first-order chi connectivity index (χ1) is 14.1. The lowest BCUT2D eigenvalue weighted by Crippen LogP contribution is -2.52. The molecule has 4 rings (SSSR count). The molecule has 1 amide bonds. The Morgan fingerprint density at radius 3 is 2.52 bits per heavy atom. The fourth-order valence-electron chi connectivity index (χ4n) is 3.92. The predicted molar refractivity (Wildman–Crippen MR) is 109 cm³/mol. The summed E-state index contributed by atoms with van der Waals surface area (Å²) in [5.74, 6) is 0.392. The summed E-state index contributed by atoms with van der Waals surface area (Å²) in [5.41, 5.74) is 2.68. The van der Waals surface area contributed by atoms with Gasteiger partial charge in [0.15, 0.2) is 6.10 Å². The Kier molecular flexibility index (Phi) is 5.81. The highest BCUT2D eigenvalue weighted by Crippen LogP contribution is 2.22. The molecule has 0 N–H and O–H groups in total. The monoisotopic (exact) mass is 394 g/mol. The lowest BCUT2D eigenvalue weighted by molar-refractivity contribution is -0.142. The highest BCUT2D eigenvalue weighted by atomic mass is 16.5. The summed E-state index contributed by atoms with van der Waals surface area (Å²) in [6.45, 7) is 6.38. The molecular formula is C23H26N2O4. The van der Waals surface area contributed by atoms with E-state index >= 15 is 0 Å². The van der Waals surface area contributed by atoms with E-state index in [1.54, 1.807) is 6.07 Å². The van der Waals surface area contributed by atoms with Crippen molar-refractivity contribution in [1.29, 1.82) is 0 Å². The summed E-state index contributed by atoms with van der Waals surface area (Å²) in [6, 6.07) is 15.5. The molecule has 0 aliphatic carbocycles. The molecule has 1 unspecified atom stereocenters. The van der Waals surface area contributed by atoms with Crippen molar-refractivity contribution in [2.24, 2.45) is 0 Å². The zero-order valence-electron chi connectivity index (χ0n) is 16.7. The largest absolute Gasteiger partial charge is 0.494 e. The van der Waals surface area contributed by atoms with Gasteiger partial charge in [-0.05, 0) is 36.2 Å². The van der Waals surface area contributed by atoms with Gasteiger partial charge in [0, 0.05) is 39.1 Å². The third-order valence-electron chi connectivity index (χ3n) is 5.49. The van der Waals surface area contributed by atoms with E-state index < -0.39 is 12.1 Å². The Labute approximate surface area is 171 Å². The van der Waals surface area contributed by atoms with Gasteiger partial charge < -0.3 is 14.4 Å². The van der Waals surface area contributed by atoms with Gasteiger partial charge in [0.25, 0.3) is 5.91 Å². The number of hydrogen-bond acceptors (Lipinski definition) is 5. The molecule has 2 aliphatic heterocycles. The molecule has 0 spiro atoms. The third-order valence-corrected chi connectivity index (χ3v) is 5.49. The average Bonchev–Trinajstić information content (AvgIpc) is 2.75. The fraction of sp³-hybridized carbons (Fsp3) is 0.391. The number of ether oxygens (including phenoxy) is 2. The van der Waals surface area contributed by atoms with Gasteiger partial charge in [-0.3, -0.25) is 9.69 Å². The molecular weight excluding hydrogens is 368 g/mol. The van der Waals surface area contributed by atoms with Crippen LogP contribution in [0.15, 0.2) is 48.5 Å². The molecule has 1 atom stereocenters. The normalized spacial score (nSPS) is 19.4. The van der Waals surface area contributed by atoms with Crippen LogP contribution in [0.5, 0.6) is 5.75 Å². The van der Waals surface area contributed by atoms with Crippen molar-refractivity contribution in [3.05, 3.63) is 65.2 Å². The molecule has 2 aromatic rings. The maximum absolute atomic E-state index is 12.9. The highest BCUT2D eigenvalue weighted by Gasteiger charge is 2.34. The number of piperazine rings is 1. The minimum atomic E-state index is -0.713. The molecule has 2 heterocycles. The zero-order valence-corrected chi connectivity index (χ0v) is 16.7. The number of carbonyl (C=O) groups excluding carboxylic acids is 2. The van der Waals surface area contributed by atoms with Gasteiger partial charge in [-0.2, -0.15) is 0 Å². The molecule has 2 aromatic carbocycles. The number of nitrogens with zero attached hydrogens (tertiary/aromatic N) is 2. The van der Waals surface area contributed by atoms with E-state index in [9.17, 15) is 9.59 Å². The van der Waals surface area contributed by atoms with Crippen molar-refractivity contribution in [2.75, 3.05) is 32.8 Å². The topological polar surface area (TPSA) is 59.1 Å². The molecule has 0 bridgehead atoms. The number of esters is 1. The van der Waals surface area contributed by atoms with Gasteiger partial charge in [-0.25, -0.2) is 4.79 Å². The Hall–Kier alpha value is -2.86. The lowest BCUT2D eigenvalue weighted by atomic mass is 9.98. The first-order valence-electron chi connectivity index (χ1n) is 10.2. The summed E-state index contributed by atoms with van der Waals surface area (Å²) < 4.78 is 10.9. The highest BCUT2D eigenvalue weighted by molar-refractivity contribution is 5.95. The number of cyclic esters (lactones) is 1. The first kappa shape index (κ1) is 19.5. The van der Waals surface area contributed by atoms with Gasteiger partial charge in [0.05, 0.1) is 12.2 Å². The van der Waals surface area contributed by atoms with E-state index in [4.69, 9.17) is 9.47 Å². The first-order valence-corrected chi connectivity index (χ1v) is 10.2. The summed E-state index contributed by atoms with van der Waals surface area (Å²) in [7, 11) is 0. The molecule has 1 fully saturated rings. The number of hydrogen-bond donors (Lipinski definition) is 0. The van der Waals surface area contributed by atoms with Gasteiger partial charge in [-0.1, -0.05) is 30.3 Å². The Morgan fingerprint density at radius 1 is 1.07 bits per heavy atom. The van der Waals surface area contributed by atoms with Crippen LogP contribution < -0.4 is 4.74 Å². The predicted octanol–water partition coefficient (Wildman–Crippen LogP) is 2.51. The number of amides is 1. The second kappa shape index (κ2) is 8.66. The number of rotatable bonds is 5. The molecule has 0 radical (unpaired) electrons. The number of carbonyl (C=O) groups is 2. The van der Waals surface area contributed by atoms with Crippen molar-refractivity contribution >= 4 is 11.9 Å². The fourth-order valence-corrected chi connectivity index (χ4v) is 3.92. The lowest BCUT2D eigenvalue weighted by Gasteiger charge is -2.37. The van der Waals surface area contributed by atoms with E-state index in [1.165, 1.54) is 5.56 Å². The van der Waals surface area contributed by atoms with Crippen molar-refractivity contribution in [3.8, 4) is 5.75 Å². The van der Waals surface area contributed by atoms with Crippen LogP contribution in [0.4, 0.5) is 0 Å². The van der Waals surface area contributed by atoms with Crippen LogP contribution in [-0.4, -0.2) is 60.6 Å². The molecule has 2 aliphatic rings. The second-order valence-corrected chi connectivity index (χ2v) is 7.43. The molecule has 152 valence electrons. The van der Waals surface area contributed by atoms with Crippen molar-refractivity contribution in [3.63, 3.8) is 0 Å². The Morgan fingerprint density at radius 2 is 1.79 bits per heavy atom. The summed E-state index contributed by atoms with van der Waals surface area (Å²) >= 11 is 0. The van der Waals surface area contributed by atoms with Gasteiger partial charge in [0.2, 0.25) is 0 Å². The molecule has 6 heteroatoms. The van der Waals surface area contributed by atoms with Gasteiger partial charge >= 0.3 is 5.97 Å². The van der Waals surface area contributed by atoms with Gasteiger partial charge in [0.1, 0.15) is 5.75 Å². The molecule has 1 saturated heterocycles. The third kappa shape index (κ3) is 4.43.